The summed E-state index contributed by atoms with van der Waals surface area (Å²) in [6.45, 7) is 2.52. The van der Waals surface area contributed by atoms with Gasteiger partial charge in [0.2, 0.25) is 0 Å². The van der Waals surface area contributed by atoms with Crippen LogP contribution in [0.2, 0.25) is 5.02 Å². The third kappa shape index (κ3) is 2.63. The average Bonchev–Trinajstić information content (AvgIpc) is 2.73. The molecule has 1 fully saturated rings. The molecule has 0 bridgehead atoms. The normalized spacial score (nSPS) is 17.9. The molecule has 0 radical (unpaired) electrons. The van der Waals surface area contributed by atoms with Crippen LogP contribution in [0.5, 0.6) is 11.5 Å². The molecule has 2 rings (SSSR count). The smallest absolute Gasteiger partial charge is 0.323 e. The lowest BCUT2D eigenvalue weighted by Crippen LogP contribution is -2.30. The Balaban J connectivity index is 2.49. The molecule has 1 unspecified atom stereocenters. The number of nitrogens with one attached hydrogen (secondary N) is 2. The van der Waals surface area contributed by atoms with Crippen molar-refractivity contribution in [1.82, 2.24) is 10.2 Å². The van der Waals surface area contributed by atoms with E-state index < -0.39 is 6.04 Å². The molecule has 0 saturated carbocycles. The van der Waals surface area contributed by atoms with Crippen LogP contribution in [0.3, 0.4) is 0 Å². The quantitative estimate of drug-likeness (QED) is 0.878. The maximum absolute atomic E-state index is 11.9. The molecule has 7 heteroatoms. The molecule has 1 aliphatic rings. The number of amidine groups is 1. The van der Waals surface area contributed by atoms with Gasteiger partial charge in [-0.15, -0.1) is 0 Å². The molecule has 0 aliphatic carbocycles. The third-order valence-electron chi connectivity index (χ3n) is 3.36. The Hall–Kier alpha value is -1.95. The summed E-state index contributed by atoms with van der Waals surface area (Å²) < 4.78 is 10.5. The van der Waals surface area contributed by atoms with Crippen molar-refractivity contribution in [3.05, 3.63) is 22.7 Å². The number of benzene rings is 1. The Bertz CT molecular complexity index is 577. The van der Waals surface area contributed by atoms with E-state index >= 15 is 0 Å². The molecule has 0 spiro atoms. The van der Waals surface area contributed by atoms with Gasteiger partial charge in [-0.25, -0.2) is 4.79 Å². The number of carbonyl (C=O) groups is 1. The third-order valence-corrected chi connectivity index (χ3v) is 3.75. The number of hydrogen-bond donors (Lipinski definition) is 2. The van der Waals surface area contributed by atoms with Crippen LogP contribution in [0.4, 0.5) is 4.79 Å². The second kappa shape index (κ2) is 6.22. The van der Waals surface area contributed by atoms with E-state index in [2.05, 4.69) is 5.32 Å². The maximum atomic E-state index is 11.9. The first-order valence-electron chi connectivity index (χ1n) is 6.61. The highest BCUT2D eigenvalue weighted by Crippen LogP contribution is 2.42. The molecule has 2 amide bonds. The molecule has 1 aromatic carbocycles. The lowest BCUT2D eigenvalue weighted by atomic mass is 10.0. The summed E-state index contributed by atoms with van der Waals surface area (Å²) in [5, 5.41) is 10.9. The Morgan fingerprint density at radius 2 is 2.10 bits per heavy atom. The first-order valence-corrected chi connectivity index (χ1v) is 6.99. The molecule has 6 nitrogen and oxygen atoms in total. The van der Waals surface area contributed by atoms with Crippen molar-refractivity contribution in [3.63, 3.8) is 0 Å². The largest absolute Gasteiger partial charge is 0.493 e. The van der Waals surface area contributed by atoms with Gasteiger partial charge in [0, 0.05) is 12.1 Å². The van der Waals surface area contributed by atoms with Gasteiger partial charge in [-0.1, -0.05) is 24.6 Å². The summed E-state index contributed by atoms with van der Waals surface area (Å²) >= 11 is 6.38. The fourth-order valence-corrected chi connectivity index (χ4v) is 2.78. The molecular weight excluding hydrogens is 294 g/mol. The van der Waals surface area contributed by atoms with Crippen LogP contribution in [-0.4, -0.2) is 37.5 Å². The molecule has 1 aromatic rings. The van der Waals surface area contributed by atoms with E-state index in [-0.39, 0.29) is 11.9 Å². The Morgan fingerprint density at radius 1 is 1.38 bits per heavy atom. The van der Waals surface area contributed by atoms with Gasteiger partial charge in [0.05, 0.1) is 19.2 Å². The van der Waals surface area contributed by atoms with Gasteiger partial charge in [0.1, 0.15) is 11.9 Å². The van der Waals surface area contributed by atoms with Gasteiger partial charge < -0.3 is 14.4 Å². The summed E-state index contributed by atoms with van der Waals surface area (Å²) in [4.78, 5) is 13.5. The number of methoxy groups -OCH3 is 2. The van der Waals surface area contributed by atoms with Gasteiger partial charge in [-0.05, 0) is 12.5 Å². The minimum Gasteiger partial charge on any atom is -0.493 e. The second-order valence-electron chi connectivity index (χ2n) is 4.64. The Morgan fingerprint density at radius 3 is 2.67 bits per heavy atom. The minimum atomic E-state index is -0.523. The Labute approximate surface area is 128 Å². The van der Waals surface area contributed by atoms with E-state index in [9.17, 15) is 4.79 Å². The fraction of sp³-hybridized carbons (Fsp3) is 0.429. The molecule has 114 valence electrons. The molecule has 0 aromatic heterocycles. The zero-order valence-electron chi connectivity index (χ0n) is 12.2. The average molecular weight is 312 g/mol. The topological polar surface area (TPSA) is 74.7 Å². The number of urea groups is 1. The monoisotopic (exact) mass is 311 g/mol. The molecule has 1 atom stereocenters. The van der Waals surface area contributed by atoms with E-state index in [1.54, 1.807) is 17.0 Å². The van der Waals surface area contributed by atoms with Crippen LogP contribution in [0.25, 0.3) is 0 Å². The number of rotatable bonds is 5. The van der Waals surface area contributed by atoms with E-state index in [0.29, 0.717) is 28.6 Å². The standard InChI is InChI=1S/C14H18ClN3O3/c1-4-7-18-11(13(16)17-14(18)19)8-5-6-9(20-2)12(21-3)10(8)15/h5-6,11H,4,7H2,1-3H3,(H2,16,17,19). The number of nitrogens with zero attached hydrogens (tertiary/aromatic N) is 1. The highest BCUT2D eigenvalue weighted by Gasteiger charge is 2.38. The predicted octanol–water partition coefficient (Wildman–Crippen LogP) is 2.81. The summed E-state index contributed by atoms with van der Waals surface area (Å²) in [7, 11) is 3.03. The molecule has 1 aliphatic heterocycles. The van der Waals surface area contributed by atoms with Crippen molar-refractivity contribution < 1.29 is 14.3 Å². The van der Waals surface area contributed by atoms with Crippen molar-refractivity contribution >= 4 is 23.5 Å². The summed E-state index contributed by atoms with van der Waals surface area (Å²) in [6.07, 6.45) is 0.794. The number of ether oxygens (including phenoxy) is 2. The van der Waals surface area contributed by atoms with Crippen LogP contribution >= 0.6 is 11.6 Å². The van der Waals surface area contributed by atoms with Gasteiger partial charge in [-0.3, -0.25) is 10.7 Å². The second-order valence-corrected chi connectivity index (χ2v) is 5.02. The van der Waals surface area contributed by atoms with Crippen molar-refractivity contribution in [1.29, 1.82) is 5.41 Å². The molecule has 2 N–H and O–H groups in total. The van der Waals surface area contributed by atoms with E-state index in [1.807, 2.05) is 6.92 Å². The van der Waals surface area contributed by atoms with E-state index in [4.69, 9.17) is 26.5 Å². The van der Waals surface area contributed by atoms with E-state index in [1.165, 1.54) is 14.2 Å². The van der Waals surface area contributed by atoms with E-state index in [0.717, 1.165) is 6.42 Å². The van der Waals surface area contributed by atoms with Crippen molar-refractivity contribution in [2.24, 2.45) is 0 Å². The van der Waals surface area contributed by atoms with Gasteiger partial charge in [0.25, 0.3) is 0 Å². The van der Waals surface area contributed by atoms with Crippen LogP contribution in [0, 0.1) is 5.41 Å². The molecule has 1 saturated heterocycles. The highest BCUT2D eigenvalue weighted by atomic mass is 35.5. The number of hydrogen-bond acceptors (Lipinski definition) is 4. The van der Waals surface area contributed by atoms with Gasteiger partial charge in [0.15, 0.2) is 11.5 Å². The molecule has 21 heavy (non-hydrogen) atoms. The zero-order valence-corrected chi connectivity index (χ0v) is 13.0. The fourth-order valence-electron chi connectivity index (χ4n) is 2.44. The minimum absolute atomic E-state index is 0.113. The lowest BCUT2D eigenvalue weighted by Gasteiger charge is -2.24. The van der Waals surface area contributed by atoms with Crippen molar-refractivity contribution in [2.75, 3.05) is 20.8 Å². The first-order chi connectivity index (χ1) is 10.0. The lowest BCUT2D eigenvalue weighted by molar-refractivity contribution is 0.205. The highest BCUT2D eigenvalue weighted by molar-refractivity contribution is 6.33. The molecule has 1 heterocycles. The maximum Gasteiger partial charge on any atom is 0.323 e. The van der Waals surface area contributed by atoms with Crippen LogP contribution in [-0.2, 0) is 0 Å². The molecular formula is C14H18ClN3O3. The van der Waals surface area contributed by atoms with Crippen molar-refractivity contribution in [3.8, 4) is 11.5 Å². The SMILES string of the molecule is CCCN1C(=O)NC(=N)C1c1ccc(OC)c(OC)c1Cl. The van der Waals surface area contributed by atoms with Crippen LogP contribution in [0.15, 0.2) is 12.1 Å². The number of amides is 2. The zero-order chi connectivity index (χ0) is 15.6. The predicted molar refractivity (Wildman–Crippen MR) is 80.6 cm³/mol. The number of carbonyl (C=O) groups excluding carboxylic acids is 1. The summed E-state index contributed by atoms with van der Waals surface area (Å²) in [5.74, 6) is 1.03. The summed E-state index contributed by atoms with van der Waals surface area (Å²) in [5.41, 5.74) is 0.645. The van der Waals surface area contributed by atoms with Crippen LogP contribution in [0.1, 0.15) is 24.9 Å². The Kier molecular flexibility index (Phi) is 4.57. The van der Waals surface area contributed by atoms with Gasteiger partial charge in [-0.2, -0.15) is 0 Å². The van der Waals surface area contributed by atoms with Gasteiger partial charge >= 0.3 is 6.03 Å². The van der Waals surface area contributed by atoms with Crippen LogP contribution < -0.4 is 14.8 Å². The number of halogens is 1. The summed E-state index contributed by atoms with van der Waals surface area (Å²) in [6, 6.07) is 2.67. The van der Waals surface area contributed by atoms with Crippen molar-refractivity contribution in [2.45, 2.75) is 19.4 Å². The first kappa shape index (κ1) is 15.4.